The van der Waals surface area contributed by atoms with Crippen LogP contribution in [-0.2, 0) is 0 Å². The Kier molecular flexibility index (Phi) is 2.35. The number of pyridine rings is 1. The van der Waals surface area contributed by atoms with Crippen molar-refractivity contribution in [2.75, 3.05) is 6.54 Å². The number of halogens is 2. The Morgan fingerprint density at radius 3 is 3.00 bits per heavy atom. The van der Waals surface area contributed by atoms with Crippen LogP contribution in [0.25, 0.3) is 0 Å². The van der Waals surface area contributed by atoms with Gasteiger partial charge in [-0.3, -0.25) is 0 Å². The Morgan fingerprint density at radius 2 is 2.42 bits per heavy atom. The summed E-state index contributed by atoms with van der Waals surface area (Å²) in [5.41, 5.74) is 1.09. The van der Waals surface area contributed by atoms with Crippen LogP contribution in [0.4, 0.5) is 0 Å². The molecule has 1 atom stereocenters. The van der Waals surface area contributed by atoms with Gasteiger partial charge in [0.1, 0.15) is 5.15 Å². The number of rotatable bonds is 1. The van der Waals surface area contributed by atoms with Crippen LogP contribution in [0.5, 0.6) is 0 Å². The topological polar surface area (TPSA) is 24.9 Å². The molecular weight excluding hydrogens is 239 g/mol. The summed E-state index contributed by atoms with van der Waals surface area (Å²) < 4.78 is 0.982. The highest BCUT2D eigenvalue weighted by Gasteiger charge is 2.21. The Labute approximate surface area is 84.5 Å². The molecule has 0 spiro atoms. The zero-order valence-corrected chi connectivity index (χ0v) is 8.69. The Balaban J connectivity index is 2.34. The van der Waals surface area contributed by atoms with Gasteiger partial charge in [0.15, 0.2) is 0 Å². The van der Waals surface area contributed by atoms with Crippen molar-refractivity contribution in [3.63, 3.8) is 0 Å². The van der Waals surface area contributed by atoms with Crippen molar-refractivity contribution in [1.29, 1.82) is 0 Å². The normalized spacial score (nSPS) is 22.0. The summed E-state index contributed by atoms with van der Waals surface area (Å²) in [7, 11) is 0. The number of aromatic nitrogens is 1. The fourth-order valence-corrected chi connectivity index (χ4v) is 1.82. The lowest BCUT2D eigenvalue weighted by atomic mass is 10.00. The third-order valence-corrected chi connectivity index (χ3v) is 2.78. The van der Waals surface area contributed by atoms with E-state index in [1.54, 1.807) is 6.20 Å². The summed E-state index contributed by atoms with van der Waals surface area (Å²) in [5.74, 6) is 0. The van der Waals surface area contributed by atoms with E-state index in [-0.39, 0.29) is 0 Å². The van der Waals surface area contributed by atoms with Crippen LogP contribution in [0, 0.1) is 0 Å². The number of nitrogens with one attached hydrogen (secondary N) is 1. The first kappa shape index (κ1) is 8.48. The van der Waals surface area contributed by atoms with Crippen molar-refractivity contribution in [1.82, 2.24) is 10.3 Å². The average molecular weight is 248 g/mol. The second-order valence-electron chi connectivity index (χ2n) is 2.83. The molecule has 1 saturated heterocycles. The third kappa shape index (κ3) is 1.49. The van der Waals surface area contributed by atoms with E-state index in [0.29, 0.717) is 11.2 Å². The molecule has 0 aromatic carbocycles. The summed E-state index contributed by atoms with van der Waals surface area (Å²) in [6, 6.07) is 2.43. The van der Waals surface area contributed by atoms with Crippen LogP contribution in [0.2, 0.25) is 5.15 Å². The van der Waals surface area contributed by atoms with Crippen molar-refractivity contribution in [2.45, 2.75) is 12.5 Å². The zero-order chi connectivity index (χ0) is 8.55. The molecule has 0 aliphatic carbocycles. The highest BCUT2D eigenvalue weighted by atomic mass is 79.9. The van der Waals surface area contributed by atoms with Gasteiger partial charge in [-0.15, -0.1) is 0 Å². The molecule has 0 bridgehead atoms. The fourth-order valence-electron chi connectivity index (χ4n) is 1.24. The highest BCUT2D eigenvalue weighted by molar-refractivity contribution is 9.10. The van der Waals surface area contributed by atoms with Crippen LogP contribution in [0.15, 0.2) is 16.7 Å². The van der Waals surface area contributed by atoms with E-state index in [9.17, 15) is 0 Å². The predicted molar refractivity (Wildman–Crippen MR) is 52.3 cm³/mol. The van der Waals surface area contributed by atoms with Crippen LogP contribution in [-0.4, -0.2) is 11.5 Å². The van der Waals surface area contributed by atoms with Gasteiger partial charge in [-0.2, -0.15) is 0 Å². The van der Waals surface area contributed by atoms with Crippen molar-refractivity contribution in [2.24, 2.45) is 0 Å². The lowest BCUT2D eigenvalue weighted by Crippen LogP contribution is -2.35. The van der Waals surface area contributed by atoms with E-state index < -0.39 is 0 Å². The lowest BCUT2D eigenvalue weighted by Gasteiger charge is -2.28. The summed E-state index contributed by atoms with van der Waals surface area (Å²) in [6.45, 7) is 1.08. The molecule has 0 radical (unpaired) electrons. The Hall–Kier alpha value is -0.120. The van der Waals surface area contributed by atoms with E-state index in [1.165, 1.54) is 0 Å². The molecule has 1 aliphatic heterocycles. The first-order valence-corrected chi connectivity index (χ1v) is 4.99. The van der Waals surface area contributed by atoms with E-state index >= 15 is 0 Å². The molecule has 1 N–H and O–H groups in total. The summed E-state index contributed by atoms with van der Waals surface area (Å²) in [5, 5.41) is 3.89. The van der Waals surface area contributed by atoms with Crippen molar-refractivity contribution in [3.05, 3.63) is 27.5 Å². The molecule has 1 aliphatic rings. The molecule has 0 saturated carbocycles. The largest absolute Gasteiger partial charge is 0.310 e. The molecular formula is C8H8BrClN2. The van der Waals surface area contributed by atoms with E-state index in [2.05, 4.69) is 26.2 Å². The molecule has 2 nitrogen and oxygen atoms in total. The molecule has 64 valence electrons. The molecule has 4 heteroatoms. The molecule has 1 aromatic rings. The van der Waals surface area contributed by atoms with Gasteiger partial charge < -0.3 is 5.32 Å². The van der Waals surface area contributed by atoms with Crippen LogP contribution in [0.1, 0.15) is 18.0 Å². The minimum atomic E-state index is 0.405. The molecule has 2 heterocycles. The summed E-state index contributed by atoms with van der Waals surface area (Å²) >= 11 is 9.30. The highest BCUT2D eigenvalue weighted by Crippen LogP contribution is 2.29. The first-order chi connectivity index (χ1) is 5.77. The number of hydrogen-bond acceptors (Lipinski definition) is 2. The minimum Gasteiger partial charge on any atom is -0.310 e. The maximum atomic E-state index is 5.93. The second-order valence-corrected chi connectivity index (χ2v) is 4.10. The van der Waals surface area contributed by atoms with E-state index in [4.69, 9.17) is 11.6 Å². The summed E-state index contributed by atoms with van der Waals surface area (Å²) in [4.78, 5) is 4.06. The van der Waals surface area contributed by atoms with Crippen LogP contribution in [0.3, 0.4) is 0 Å². The Bertz CT molecular complexity index is 299. The maximum absolute atomic E-state index is 5.93. The van der Waals surface area contributed by atoms with Crippen molar-refractivity contribution in [3.8, 4) is 0 Å². The van der Waals surface area contributed by atoms with E-state index in [0.717, 1.165) is 23.0 Å². The van der Waals surface area contributed by atoms with Gasteiger partial charge in [0.2, 0.25) is 0 Å². The third-order valence-electron chi connectivity index (χ3n) is 2.03. The maximum Gasteiger partial charge on any atom is 0.133 e. The zero-order valence-electron chi connectivity index (χ0n) is 6.35. The minimum absolute atomic E-state index is 0.405. The average Bonchev–Trinajstić information content (AvgIpc) is 1.93. The van der Waals surface area contributed by atoms with Gasteiger partial charge in [-0.25, -0.2) is 4.98 Å². The predicted octanol–water partition coefficient (Wildman–Crippen LogP) is 2.53. The van der Waals surface area contributed by atoms with Gasteiger partial charge >= 0.3 is 0 Å². The number of hydrogen-bond donors (Lipinski definition) is 1. The molecule has 1 aromatic heterocycles. The quantitative estimate of drug-likeness (QED) is 0.772. The van der Waals surface area contributed by atoms with Gasteiger partial charge in [0.25, 0.3) is 0 Å². The van der Waals surface area contributed by atoms with Crippen LogP contribution >= 0.6 is 27.5 Å². The molecule has 1 fully saturated rings. The monoisotopic (exact) mass is 246 g/mol. The Morgan fingerprint density at radius 1 is 1.67 bits per heavy atom. The van der Waals surface area contributed by atoms with Crippen molar-refractivity contribution >= 4 is 27.5 Å². The smallest absolute Gasteiger partial charge is 0.133 e. The molecule has 12 heavy (non-hydrogen) atoms. The first-order valence-electron chi connectivity index (χ1n) is 3.81. The van der Waals surface area contributed by atoms with Crippen LogP contribution < -0.4 is 5.32 Å². The standard InChI is InChI=1S/C8H8BrClN2/c9-5-3-6(7-1-2-11-7)8(10)12-4-5/h3-4,7,11H,1-2H2/t7-/m1/s1. The van der Waals surface area contributed by atoms with Crippen molar-refractivity contribution < 1.29 is 0 Å². The molecule has 0 amide bonds. The SMILES string of the molecule is Clc1ncc(Br)cc1[C@H]1CCN1. The molecule has 0 unspecified atom stereocenters. The van der Waals surface area contributed by atoms with Gasteiger partial charge in [0.05, 0.1) is 0 Å². The molecule has 2 rings (SSSR count). The second kappa shape index (κ2) is 3.32. The van der Waals surface area contributed by atoms with Gasteiger partial charge in [-0.1, -0.05) is 11.6 Å². The van der Waals surface area contributed by atoms with E-state index in [1.807, 2.05) is 6.07 Å². The summed E-state index contributed by atoms with van der Waals surface area (Å²) in [6.07, 6.45) is 2.86. The number of nitrogens with zero attached hydrogens (tertiary/aromatic N) is 1. The lowest BCUT2D eigenvalue weighted by molar-refractivity contribution is 0.382. The van der Waals surface area contributed by atoms with Gasteiger partial charge in [0, 0.05) is 22.3 Å². The van der Waals surface area contributed by atoms with Gasteiger partial charge in [-0.05, 0) is 35.0 Å². The fraction of sp³-hybridized carbons (Fsp3) is 0.375.